The smallest absolute Gasteiger partial charge is 0.283 e. The molecule has 2 aromatic heterocycles. The van der Waals surface area contributed by atoms with Crippen molar-refractivity contribution in [3.63, 3.8) is 0 Å². The Labute approximate surface area is 217 Å². The van der Waals surface area contributed by atoms with Crippen LogP contribution in [0.2, 0.25) is 0 Å². The minimum absolute atomic E-state index is 0.00563. The monoisotopic (exact) mass is 517 g/mol. The van der Waals surface area contributed by atoms with Crippen molar-refractivity contribution in [3.8, 4) is 0 Å². The number of fused-ring (bicyclic) bond motifs is 1. The second kappa shape index (κ2) is 9.08. The van der Waals surface area contributed by atoms with Crippen LogP contribution in [0.25, 0.3) is 10.9 Å². The molecule has 3 atom stereocenters. The Balaban J connectivity index is 1.42. The normalized spacial score (nSPS) is 22.3. The van der Waals surface area contributed by atoms with Crippen LogP contribution >= 0.6 is 0 Å². The zero-order chi connectivity index (χ0) is 26.4. The number of rotatable bonds is 9. The van der Waals surface area contributed by atoms with Gasteiger partial charge in [0.1, 0.15) is 5.52 Å². The first kappa shape index (κ1) is 25.1. The lowest BCUT2D eigenvalue weighted by Crippen LogP contribution is -2.40. The van der Waals surface area contributed by atoms with Crippen molar-refractivity contribution in [2.24, 2.45) is 11.1 Å². The lowest BCUT2D eigenvalue weighted by Gasteiger charge is -2.30. The molecule has 1 aliphatic rings. The summed E-state index contributed by atoms with van der Waals surface area (Å²) in [6.45, 7) is 2.12. The van der Waals surface area contributed by atoms with Crippen LogP contribution in [0.1, 0.15) is 31.0 Å². The molecule has 4 aromatic rings. The van der Waals surface area contributed by atoms with Gasteiger partial charge in [-0.2, -0.15) is 17.6 Å². The van der Waals surface area contributed by atoms with E-state index in [2.05, 4.69) is 34.0 Å². The first-order valence-electron chi connectivity index (χ1n) is 12.2. The van der Waals surface area contributed by atoms with E-state index in [1.165, 1.54) is 0 Å². The highest BCUT2D eigenvalue weighted by atomic mass is 32.2. The molecule has 1 aliphatic carbocycles. The summed E-state index contributed by atoms with van der Waals surface area (Å²) in [7, 11) is 0.151. The molecule has 1 fully saturated rings. The van der Waals surface area contributed by atoms with E-state index in [1.54, 1.807) is 42.7 Å². The summed E-state index contributed by atoms with van der Waals surface area (Å²) in [4.78, 5) is 19.6. The Morgan fingerprint density at radius 2 is 1.73 bits per heavy atom. The van der Waals surface area contributed by atoms with Crippen molar-refractivity contribution in [3.05, 3.63) is 90.4 Å². The Bertz CT molecular complexity index is 1550. The van der Waals surface area contributed by atoms with Gasteiger partial charge in [-0.25, -0.2) is 0 Å². The van der Waals surface area contributed by atoms with E-state index in [0.29, 0.717) is 30.2 Å². The molecule has 5 rings (SSSR count). The summed E-state index contributed by atoms with van der Waals surface area (Å²) in [6.07, 6.45) is 4.99. The van der Waals surface area contributed by atoms with Crippen LogP contribution in [0.5, 0.6) is 0 Å². The number of aromatic nitrogens is 3. The van der Waals surface area contributed by atoms with Gasteiger partial charge in [-0.3, -0.25) is 9.78 Å². The highest BCUT2D eigenvalue weighted by Gasteiger charge is 2.69. The third kappa shape index (κ3) is 4.22. The molecule has 2 N–H and O–H groups in total. The number of pyridine rings is 1. The van der Waals surface area contributed by atoms with Crippen LogP contribution in [-0.2, 0) is 26.7 Å². The number of likely N-dealkylation sites (N-methyl/N-ethyl adjacent to an activating group) is 1. The Kier molecular flexibility index (Phi) is 6.16. The van der Waals surface area contributed by atoms with Gasteiger partial charge in [-0.1, -0.05) is 55.5 Å². The van der Waals surface area contributed by atoms with Crippen molar-refractivity contribution in [2.45, 2.75) is 42.5 Å². The largest absolute Gasteiger partial charge is 0.369 e. The number of nitrogens with two attached hydrogens (primary N) is 1. The van der Waals surface area contributed by atoms with Gasteiger partial charge in [0.05, 0.1) is 22.7 Å². The van der Waals surface area contributed by atoms with E-state index in [4.69, 9.17) is 5.73 Å². The lowest BCUT2D eigenvalue weighted by atomic mass is 9.81. The Hall–Kier alpha value is -3.56. The van der Waals surface area contributed by atoms with Gasteiger partial charge in [0.25, 0.3) is 10.0 Å². The molecular formula is C28H31N5O3S. The molecule has 0 bridgehead atoms. The van der Waals surface area contributed by atoms with Gasteiger partial charge in [0.15, 0.2) is 0 Å². The van der Waals surface area contributed by atoms with E-state index < -0.39 is 15.4 Å². The zero-order valence-electron chi connectivity index (χ0n) is 21.2. The van der Waals surface area contributed by atoms with Crippen molar-refractivity contribution in [1.29, 1.82) is 0 Å². The molecule has 1 saturated carbocycles. The SMILES string of the molecule is CN(C)[C@H](Cc1cc2cnn(S(=O)(=O)c3ccccc3)c2cn1)CC1(C(N)=O)CC1(C)c1ccccc1. The molecule has 2 unspecified atom stereocenters. The average molecular weight is 518 g/mol. The minimum Gasteiger partial charge on any atom is -0.369 e. The third-order valence-corrected chi connectivity index (χ3v) is 9.59. The van der Waals surface area contributed by atoms with E-state index in [0.717, 1.165) is 15.3 Å². The summed E-state index contributed by atoms with van der Waals surface area (Å²) in [5, 5.41) is 4.85. The number of primary amides is 1. The predicted molar refractivity (Wildman–Crippen MR) is 142 cm³/mol. The molecule has 0 aliphatic heterocycles. The van der Waals surface area contributed by atoms with Crippen molar-refractivity contribution < 1.29 is 13.2 Å². The van der Waals surface area contributed by atoms with Crippen LogP contribution in [0, 0.1) is 5.41 Å². The molecule has 8 nitrogen and oxygen atoms in total. The molecule has 9 heteroatoms. The van der Waals surface area contributed by atoms with E-state index >= 15 is 0 Å². The van der Waals surface area contributed by atoms with Crippen LogP contribution in [0.4, 0.5) is 0 Å². The maximum Gasteiger partial charge on any atom is 0.283 e. The van der Waals surface area contributed by atoms with Crippen molar-refractivity contribution >= 4 is 26.8 Å². The summed E-state index contributed by atoms with van der Waals surface area (Å²) >= 11 is 0. The van der Waals surface area contributed by atoms with Crippen LogP contribution in [-0.4, -0.2) is 53.5 Å². The van der Waals surface area contributed by atoms with E-state index in [9.17, 15) is 13.2 Å². The fourth-order valence-corrected chi connectivity index (χ4v) is 6.81. The second-order valence-corrected chi connectivity index (χ2v) is 12.2. The maximum atomic E-state index is 13.1. The summed E-state index contributed by atoms with van der Waals surface area (Å²) in [5.74, 6) is -0.276. The fourth-order valence-electron chi connectivity index (χ4n) is 5.53. The number of hydrogen-bond donors (Lipinski definition) is 1. The highest BCUT2D eigenvalue weighted by Crippen LogP contribution is 2.67. The molecular weight excluding hydrogens is 486 g/mol. The van der Waals surface area contributed by atoms with Crippen LogP contribution in [0.3, 0.4) is 0 Å². The number of carbonyl (C=O) groups is 1. The zero-order valence-corrected chi connectivity index (χ0v) is 22.0. The fraction of sp³-hybridized carbons (Fsp3) is 0.321. The lowest BCUT2D eigenvalue weighted by molar-refractivity contribution is -0.124. The molecule has 2 heterocycles. The standard InChI is InChI=1S/C28H31N5O3S/c1-27(21-10-6-4-7-11-21)19-28(27,26(29)34)16-23(32(2)3)15-22-14-20-17-31-33(25(20)18-30-22)37(35,36)24-12-8-5-9-13-24/h4-14,17-18,23H,15-16,19H2,1-3H3,(H2,29,34)/t23-,27?,28?/m1/s1. The Morgan fingerprint density at radius 3 is 2.35 bits per heavy atom. The number of nitrogens with zero attached hydrogens (tertiary/aromatic N) is 4. The number of amides is 1. The quantitative estimate of drug-likeness (QED) is 0.364. The summed E-state index contributed by atoms with van der Waals surface area (Å²) in [6, 6.07) is 20.2. The molecule has 37 heavy (non-hydrogen) atoms. The molecule has 0 saturated heterocycles. The van der Waals surface area contributed by atoms with Crippen molar-refractivity contribution in [2.75, 3.05) is 14.1 Å². The second-order valence-electron chi connectivity index (χ2n) is 10.4. The van der Waals surface area contributed by atoms with Crippen LogP contribution < -0.4 is 5.73 Å². The van der Waals surface area contributed by atoms with Gasteiger partial charge in [0, 0.05) is 29.0 Å². The minimum atomic E-state index is -3.83. The first-order chi connectivity index (χ1) is 17.6. The molecule has 2 aromatic carbocycles. The molecule has 192 valence electrons. The first-order valence-corrected chi connectivity index (χ1v) is 13.7. The molecule has 0 radical (unpaired) electrons. The van der Waals surface area contributed by atoms with Gasteiger partial charge in [0.2, 0.25) is 5.91 Å². The number of hydrogen-bond acceptors (Lipinski definition) is 6. The number of benzene rings is 2. The van der Waals surface area contributed by atoms with Crippen LogP contribution in [0.15, 0.2) is 84.0 Å². The summed E-state index contributed by atoms with van der Waals surface area (Å²) < 4.78 is 27.2. The number of carbonyl (C=O) groups excluding carboxylic acids is 1. The maximum absolute atomic E-state index is 13.1. The summed E-state index contributed by atoms with van der Waals surface area (Å²) in [5.41, 5.74) is 7.41. The molecule has 1 amide bonds. The third-order valence-electron chi connectivity index (χ3n) is 7.98. The van der Waals surface area contributed by atoms with Crippen molar-refractivity contribution in [1.82, 2.24) is 19.1 Å². The van der Waals surface area contributed by atoms with Gasteiger partial charge in [-0.15, -0.1) is 0 Å². The molecule has 0 spiro atoms. The van der Waals surface area contributed by atoms with E-state index in [-0.39, 0.29) is 22.3 Å². The van der Waals surface area contributed by atoms with E-state index in [1.807, 2.05) is 38.4 Å². The highest BCUT2D eigenvalue weighted by molar-refractivity contribution is 7.90. The van der Waals surface area contributed by atoms with Gasteiger partial charge in [-0.05, 0) is 50.7 Å². The predicted octanol–water partition coefficient (Wildman–Crippen LogP) is 3.36. The topological polar surface area (TPSA) is 111 Å². The Morgan fingerprint density at radius 1 is 1.08 bits per heavy atom. The van der Waals surface area contributed by atoms with Gasteiger partial charge >= 0.3 is 0 Å². The average Bonchev–Trinajstić information content (AvgIpc) is 3.29. The van der Waals surface area contributed by atoms with Gasteiger partial charge < -0.3 is 10.6 Å².